The molecule has 0 saturated carbocycles. The second-order valence-corrected chi connectivity index (χ2v) is 6.72. The van der Waals surface area contributed by atoms with Crippen LogP contribution in [0.3, 0.4) is 0 Å². The highest BCUT2D eigenvalue weighted by Gasteiger charge is 2.32. The molecule has 2 fully saturated rings. The Morgan fingerprint density at radius 2 is 1.82 bits per heavy atom. The molecule has 9 heteroatoms. The number of anilines is 1. The molecule has 1 aromatic carbocycles. The number of nitro groups is 1. The fourth-order valence-corrected chi connectivity index (χ4v) is 3.62. The van der Waals surface area contributed by atoms with Gasteiger partial charge in [0.25, 0.3) is 11.6 Å². The molecule has 154 valence electrons. The van der Waals surface area contributed by atoms with Crippen LogP contribution in [0.4, 0.5) is 11.4 Å². The third kappa shape index (κ3) is 4.30. The Hall–Kier alpha value is -2.55. The molecule has 9 nitrogen and oxygen atoms in total. The number of amides is 1. The molecule has 2 aliphatic rings. The van der Waals surface area contributed by atoms with Crippen LogP contribution >= 0.6 is 0 Å². The van der Waals surface area contributed by atoms with Crippen molar-refractivity contribution in [2.24, 2.45) is 0 Å². The summed E-state index contributed by atoms with van der Waals surface area (Å²) in [5, 5.41) is 11.6. The number of rotatable bonds is 7. The molecule has 1 aromatic rings. The zero-order valence-corrected chi connectivity index (χ0v) is 16.4. The second-order valence-electron chi connectivity index (χ2n) is 6.72. The van der Waals surface area contributed by atoms with Crippen molar-refractivity contribution in [3.63, 3.8) is 0 Å². The molecular weight excluding hydrogens is 366 g/mol. The highest BCUT2D eigenvalue weighted by Crippen LogP contribution is 2.40. The third-order valence-corrected chi connectivity index (χ3v) is 4.97. The van der Waals surface area contributed by atoms with E-state index in [2.05, 4.69) is 0 Å². The number of ether oxygens (including phenoxy) is 3. The highest BCUT2D eigenvalue weighted by molar-refractivity contribution is 5.81. The van der Waals surface area contributed by atoms with E-state index in [-0.39, 0.29) is 17.7 Å². The van der Waals surface area contributed by atoms with E-state index in [9.17, 15) is 14.9 Å². The topological polar surface area (TPSA) is 94.4 Å². The van der Waals surface area contributed by atoms with Crippen LogP contribution < -0.4 is 14.4 Å². The Balaban J connectivity index is 1.78. The maximum absolute atomic E-state index is 12.5. The van der Waals surface area contributed by atoms with E-state index in [1.54, 1.807) is 11.0 Å². The van der Waals surface area contributed by atoms with Crippen LogP contribution in [0, 0.1) is 10.1 Å². The molecule has 0 aromatic heterocycles. The van der Waals surface area contributed by atoms with Crippen molar-refractivity contribution in [3.05, 3.63) is 22.2 Å². The lowest BCUT2D eigenvalue weighted by Gasteiger charge is -2.36. The summed E-state index contributed by atoms with van der Waals surface area (Å²) in [5.74, 6) is 0.878. The van der Waals surface area contributed by atoms with Crippen molar-refractivity contribution >= 4 is 17.3 Å². The molecule has 0 spiro atoms. The predicted octanol–water partition coefficient (Wildman–Crippen LogP) is 2.22. The molecule has 0 N–H and O–H groups in total. The standard InChI is InChI=1S/C19H27N3O6/c1-3-26-17-12-14(15(22(24)25)13-18(17)27-4-2)20-7-9-21(10-8-20)19(23)16-6-5-11-28-16/h12-13,16H,3-11H2,1-2H3/t16-/m0/s1. The Kier molecular flexibility index (Phi) is 6.56. The first kappa shape index (κ1) is 20.2. The van der Waals surface area contributed by atoms with E-state index in [0.29, 0.717) is 63.2 Å². The molecule has 2 saturated heterocycles. The first-order valence-electron chi connectivity index (χ1n) is 9.78. The molecule has 0 aliphatic carbocycles. The van der Waals surface area contributed by atoms with Gasteiger partial charge in [0.05, 0.1) is 24.2 Å². The van der Waals surface area contributed by atoms with Crippen molar-refractivity contribution in [1.82, 2.24) is 4.90 Å². The van der Waals surface area contributed by atoms with E-state index in [4.69, 9.17) is 14.2 Å². The third-order valence-electron chi connectivity index (χ3n) is 4.97. The van der Waals surface area contributed by atoms with Crippen LogP contribution in [0.15, 0.2) is 12.1 Å². The monoisotopic (exact) mass is 393 g/mol. The van der Waals surface area contributed by atoms with Crippen molar-refractivity contribution in [3.8, 4) is 11.5 Å². The Morgan fingerprint density at radius 3 is 2.36 bits per heavy atom. The smallest absolute Gasteiger partial charge is 0.296 e. The molecule has 2 aliphatic heterocycles. The van der Waals surface area contributed by atoms with Gasteiger partial charge >= 0.3 is 0 Å². The summed E-state index contributed by atoms with van der Waals surface area (Å²) in [7, 11) is 0. The molecule has 28 heavy (non-hydrogen) atoms. The van der Waals surface area contributed by atoms with Gasteiger partial charge in [-0.3, -0.25) is 14.9 Å². The maximum Gasteiger partial charge on any atom is 0.296 e. The minimum atomic E-state index is -0.405. The lowest BCUT2D eigenvalue weighted by molar-refractivity contribution is -0.384. The number of hydrogen-bond donors (Lipinski definition) is 0. The van der Waals surface area contributed by atoms with Crippen LogP contribution in [-0.2, 0) is 9.53 Å². The van der Waals surface area contributed by atoms with Gasteiger partial charge in [0.2, 0.25) is 0 Å². The number of hydrogen-bond acceptors (Lipinski definition) is 7. The largest absolute Gasteiger partial charge is 0.490 e. The van der Waals surface area contributed by atoms with Gasteiger partial charge in [-0.05, 0) is 26.7 Å². The minimum Gasteiger partial charge on any atom is -0.490 e. The summed E-state index contributed by atoms with van der Waals surface area (Å²) < 4.78 is 16.6. The molecule has 3 rings (SSSR count). The van der Waals surface area contributed by atoms with Crippen LogP contribution in [0.5, 0.6) is 11.5 Å². The molecular formula is C19H27N3O6. The number of piperazine rings is 1. The number of nitro benzene ring substituents is 1. The number of carbonyl (C=O) groups is 1. The normalized spacial score (nSPS) is 19.6. The zero-order valence-electron chi connectivity index (χ0n) is 16.4. The van der Waals surface area contributed by atoms with E-state index < -0.39 is 4.92 Å². The van der Waals surface area contributed by atoms with E-state index in [1.807, 2.05) is 18.7 Å². The number of nitrogens with zero attached hydrogens (tertiary/aromatic N) is 3. The van der Waals surface area contributed by atoms with Crippen molar-refractivity contribution in [2.45, 2.75) is 32.8 Å². The van der Waals surface area contributed by atoms with Gasteiger partial charge in [-0.1, -0.05) is 0 Å². The van der Waals surface area contributed by atoms with Gasteiger partial charge in [0, 0.05) is 38.9 Å². The maximum atomic E-state index is 12.5. The summed E-state index contributed by atoms with van der Waals surface area (Å²) in [5.41, 5.74) is 0.465. The lowest BCUT2D eigenvalue weighted by atomic mass is 10.1. The summed E-state index contributed by atoms with van der Waals surface area (Å²) in [6.07, 6.45) is 1.34. The first-order chi connectivity index (χ1) is 13.5. The van der Waals surface area contributed by atoms with Gasteiger partial charge in [0.1, 0.15) is 11.8 Å². The Bertz CT molecular complexity index is 712. The molecule has 0 unspecified atom stereocenters. The van der Waals surface area contributed by atoms with Gasteiger partial charge in [-0.25, -0.2) is 0 Å². The van der Waals surface area contributed by atoms with Gasteiger partial charge in [0.15, 0.2) is 11.5 Å². The number of benzene rings is 1. The van der Waals surface area contributed by atoms with E-state index >= 15 is 0 Å². The van der Waals surface area contributed by atoms with Crippen LogP contribution in [0.2, 0.25) is 0 Å². The Morgan fingerprint density at radius 1 is 1.18 bits per heavy atom. The average Bonchev–Trinajstić information content (AvgIpc) is 3.23. The summed E-state index contributed by atoms with van der Waals surface area (Å²) in [6, 6.07) is 3.10. The van der Waals surface area contributed by atoms with Crippen molar-refractivity contribution in [1.29, 1.82) is 0 Å². The lowest BCUT2D eigenvalue weighted by Crippen LogP contribution is -2.51. The summed E-state index contributed by atoms with van der Waals surface area (Å²) in [4.78, 5) is 27.5. The van der Waals surface area contributed by atoms with Crippen molar-refractivity contribution in [2.75, 3.05) is 50.9 Å². The summed E-state index contributed by atoms with van der Waals surface area (Å²) in [6.45, 7) is 7.17. The fraction of sp³-hybridized carbons (Fsp3) is 0.632. The van der Waals surface area contributed by atoms with Crippen LogP contribution in [-0.4, -0.2) is 67.8 Å². The molecule has 1 amide bonds. The quantitative estimate of drug-likeness (QED) is 0.518. The zero-order chi connectivity index (χ0) is 20.1. The molecule has 2 heterocycles. The van der Waals surface area contributed by atoms with E-state index in [1.165, 1.54) is 6.07 Å². The molecule has 1 atom stereocenters. The second kappa shape index (κ2) is 9.09. The molecule has 0 radical (unpaired) electrons. The predicted molar refractivity (Wildman–Crippen MR) is 103 cm³/mol. The highest BCUT2D eigenvalue weighted by atomic mass is 16.6. The fourth-order valence-electron chi connectivity index (χ4n) is 3.62. The summed E-state index contributed by atoms with van der Waals surface area (Å²) >= 11 is 0. The van der Waals surface area contributed by atoms with Gasteiger partial charge in [-0.2, -0.15) is 0 Å². The van der Waals surface area contributed by atoms with Crippen LogP contribution in [0.1, 0.15) is 26.7 Å². The molecule has 0 bridgehead atoms. The minimum absolute atomic E-state index is 0.0216. The van der Waals surface area contributed by atoms with Gasteiger partial charge < -0.3 is 24.0 Å². The van der Waals surface area contributed by atoms with Crippen molar-refractivity contribution < 1.29 is 23.9 Å². The van der Waals surface area contributed by atoms with Gasteiger partial charge in [-0.15, -0.1) is 0 Å². The van der Waals surface area contributed by atoms with Crippen LogP contribution in [0.25, 0.3) is 0 Å². The first-order valence-corrected chi connectivity index (χ1v) is 9.78. The van der Waals surface area contributed by atoms with E-state index in [0.717, 1.165) is 12.8 Å². The Labute approximate surface area is 164 Å². The SMILES string of the molecule is CCOc1cc(N2CCN(C(=O)[C@@H]3CCCO3)CC2)c([N+](=O)[O-])cc1OCC. The number of carbonyl (C=O) groups excluding carboxylic acids is 1. The average molecular weight is 393 g/mol.